The minimum Gasteiger partial charge on any atom is -0.396 e. The number of anilines is 1. The molecule has 2 nitrogen and oxygen atoms in total. The number of benzene rings is 1. The van der Waals surface area contributed by atoms with E-state index in [9.17, 15) is 0 Å². The topological polar surface area (TPSA) is 32.3 Å². The average molecular weight is 177 g/mol. The van der Waals surface area contributed by atoms with E-state index < -0.39 is 0 Å². The molecule has 0 spiro atoms. The average Bonchev–Trinajstić information content (AvgIpc) is 2.59. The molecule has 70 valence electrons. The van der Waals surface area contributed by atoms with Gasteiger partial charge in [0.25, 0.3) is 0 Å². The molecular weight excluding hydrogens is 162 g/mol. The standard InChI is InChI=1S/C11H15NO/c1-2-8-3-4-11-10(5-8)9(7-13)6-12-11/h3-5,9,12-13H,2,6-7H2,1H3. The van der Waals surface area contributed by atoms with Gasteiger partial charge in [0, 0.05) is 18.2 Å². The van der Waals surface area contributed by atoms with Crippen LogP contribution in [0.5, 0.6) is 0 Å². The molecule has 0 fully saturated rings. The lowest BCUT2D eigenvalue weighted by Crippen LogP contribution is -2.05. The van der Waals surface area contributed by atoms with Crippen LogP contribution in [0.3, 0.4) is 0 Å². The van der Waals surface area contributed by atoms with Gasteiger partial charge in [0.2, 0.25) is 0 Å². The number of aliphatic hydroxyl groups is 1. The summed E-state index contributed by atoms with van der Waals surface area (Å²) in [7, 11) is 0. The molecule has 1 aromatic carbocycles. The Kier molecular flexibility index (Phi) is 2.23. The van der Waals surface area contributed by atoms with Crippen LogP contribution in [0.1, 0.15) is 24.0 Å². The summed E-state index contributed by atoms with van der Waals surface area (Å²) in [6.07, 6.45) is 1.06. The fourth-order valence-corrected chi connectivity index (χ4v) is 1.84. The van der Waals surface area contributed by atoms with Gasteiger partial charge in [-0.25, -0.2) is 0 Å². The van der Waals surface area contributed by atoms with Gasteiger partial charge in [-0.05, 0) is 23.6 Å². The highest BCUT2D eigenvalue weighted by Crippen LogP contribution is 2.31. The van der Waals surface area contributed by atoms with E-state index in [-0.39, 0.29) is 6.61 Å². The highest BCUT2D eigenvalue weighted by Gasteiger charge is 2.20. The second-order valence-corrected chi connectivity index (χ2v) is 3.54. The van der Waals surface area contributed by atoms with Crippen LogP contribution in [0.4, 0.5) is 5.69 Å². The zero-order valence-corrected chi connectivity index (χ0v) is 7.88. The van der Waals surface area contributed by atoms with Crippen LogP contribution in [-0.4, -0.2) is 18.3 Å². The monoisotopic (exact) mass is 177 g/mol. The summed E-state index contributed by atoms with van der Waals surface area (Å²) >= 11 is 0. The Balaban J connectivity index is 2.37. The van der Waals surface area contributed by atoms with E-state index >= 15 is 0 Å². The highest BCUT2D eigenvalue weighted by molar-refractivity contribution is 5.59. The van der Waals surface area contributed by atoms with Gasteiger partial charge in [0.05, 0.1) is 6.61 Å². The summed E-state index contributed by atoms with van der Waals surface area (Å²) in [5.74, 6) is 0.293. The molecule has 0 aliphatic carbocycles. The molecule has 0 amide bonds. The third-order valence-corrected chi connectivity index (χ3v) is 2.72. The molecule has 0 saturated heterocycles. The molecule has 1 aliphatic rings. The van der Waals surface area contributed by atoms with Gasteiger partial charge in [0.15, 0.2) is 0 Å². The summed E-state index contributed by atoms with van der Waals surface area (Å²) in [5, 5.41) is 12.4. The minimum absolute atomic E-state index is 0.243. The van der Waals surface area contributed by atoms with Crippen molar-refractivity contribution in [1.82, 2.24) is 0 Å². The van der Waals surface area contributed by atoms with Gasteiger partial charge < -0.3 is 10.4 Å². The lowest BCUT2D eigenvalue weighted by Gasteiger charge is -2.06. The van der Waals surface area contributed by atoms with Crippen molar-refractivity contribution < 1.29 is 5.11 Å². The maximum absolute atomic E-state index is 9.14. The SMILES string of the molecule is CCc1ccc2c(c1)C(CO)CN2. The number of nitrogens with one attached hydrogen (secondary N) is 1. The van der Waals surface area contributed by atoms with E-state index in [1.807, 2.05) is 0 Å². The van der Waals surface area contributed by atoms with Gasteiger partial charge in [-0.3, -0.25) is 0 Å². The number of aliphatic hydroxyl groups excluding tert-OH is 1. The van der Waals surface area contributed by atoms with Crippen molar-refractivity contribution in [3.05, 3.63) is 29.3 Å². The number of hydrogen-bond donors (Lipinski definition) is 2. The van der Waals surface area contributed by atoms with Gasteiger partial charge in [-0.2, -0.15) is 0 Å². The number of rotatable bonds is 2. The predicted octanol–water partition coefficient (Wildman–Crippen LogP) is 1.75. The molecule has 2 N–H and O–H groups in total. The summed E-state index contributed by atoms with van der Waals surface area (Å²) in [6.45, 7) is 3.27. The Bertz CT molecular complexity index is 309. The summed E-state index contributed by atoms with van der Waals surface area (Å²) in [5.41, 5.74) is 3.82. The normalized spacial score (nSPS) is 19.7. The van der Waals surface area contributed by atoms with Crippen molar-refractivity contribution in [3.63, 3.8) is 0 Å². The first-order valence-corrected chi connectivity index (χ1v) is 4.82. The largest absolute Gasteiger partial charge is 0.396 e. The highest BCUT2D eigenvalue weighted by atomic mass is 16.3. The maximum Gasteiger partial charge on any atom is 0.0517 e. The van der Waals surface area contributed by atoms with Gasteiger partial charge in [-0.1, -0.05) is 19.1 Å². The second-order valence-electron chi connectivity index (χ2n) is 3.54. The first-order valence-electron chi connectivity index (χ1n) is 4.82. The Hall–Kier alpha value is -1.02. The molecule has 1 atom stereocenters. The van der Waals surface area contributed by atoms with Crippen LogP contribution >= 0.6 is 0 Å². The van der Waals surface area contributed by atoms with Crippen LogP contribution in [0.25, 0.3) is 0 Å². The van der Waals surface area contributed by atoms with Crippen molar-refractivity contribution in [2.45, 2.75) is 19.3 Å². The molecule has 0 bridgehead atoms. The second kappa shape index (κ2) is 3.38. The maximum atomic E-state index is 9.14. The molecule has 1 heterocycles. The summed E-state index contributed by atoms with van der Waals surface area (Å²) in [6, 6.07) is 6.46. The first kappa shape index (κ1) is 8.57. The molecule has 2 heteroatoms. The first-order chi connectivity index (χ1) is 6.35. The zero-order valence-electron chi connectivity index (χ0n) is 7.88. The number of fused-ring (bicyclic) bond motifs is 1. The van der Waals surface area contributed by atoms with Gasteiger partial charge >= 0.3 is 0 Å². The zero-order chi connectivity index (χ0) is 9.26. The van der Waals surface area contributed by atoms with Crippen LogP contribution in [0.2, 0.25) is 0 Å². The van der Waals surface area contributed by atoms with E-state index in [0.29, 0.717) is 5.92 Å². The fourth-order valence-electron chi connectivity index (χ4n) is 1.84. The molecule has 1 aliphatic heterocycles. The Morgan fingerprint density at radius 2 is 2.38 bits per heavy atom. The van der Waals surface area contributed by atoms with Crippen molar-refractivity contribution in [1.29, 1.82) is 0 Å². The van der Waals surface area contributed by atoms with E-state index in [1.165, 1.54) is 16.8 Å². The van der Waals surface area contributed by atoms with E-state index in [4.69, 9.17) is 5.11 Å². The van der Waals surface area contributed by atoms with Crippen LogP contribution in [-0.2, 0) is 6.42 Å². The fraction of sp³-hybridized carbons (Fsp3) is 0.455. The summed E-state index contributed by atoms with van der Waals surface area (Å²) < 4.78 is 0. The lowest BCUT2D eigenvalue weighted by atomic mass is 9.99. The molecule has 0 saturated carbocycles. The van der Waals surface area contributed by atoms with Crippen molar-refractivity contribution in [3.8, 4) is 0 Å². The van der Waals surface area contributed by atoms with Crippen LogP contribution in [0.15, 0.2) is 18.2 Å². The minimum atomic E-state index is 0.243. The van der Waals surface area contributed by atoms with E-state index in [0.717, 1.165) is 13.0 Å². The van der Waals surface area contributed by atoms with Gasteiger partial charge in [0.1, 0.15) is 0 Å². The smallest absolute Gasteiger partial charge is 0.0517 e. The molecule has 1 unspecified atom stereocenters. The number of aryl methyl sites for hydroxylation is 1. The van der Waals surface area contributed by atoms with E-state index in [2.05, 4.69) is 30.4 Å². The van der Waals surface area contributed by atoms with Crippen molar-refractivity contribution >= 4 is 5.69 Å². The quantitative estimate of drug-likeness (QED) is 0.721. The third-order valence-electron chi connectivity index (χ3n) is 2.72. The molecule has 0 radical (unpaired) electrons. The molecule has 0 aromatic heterocycles. The van der Waals surface area contributed by atoms with Crippen molar-refractivity contribution in [2.24, 2.45) is 0 Å². The Labute approximate surface area is 78.6 Å². The summed E-state index contributed by atoms with van der Waals surface area (Å²) in [4.78, 5) is 0. The van der Waals surface area contributed by atoms with Crippen LogP contribution < -0.4 is 5.32 Å². The molecule has 2 rings (SSSR count). The Morgan fingerprint density at radius 3 is 3.08 bits per heavy atom. The predicted molar refractivity (Wildman–Crippen MR) is 54.1 cm³/mol. The third kappa shape index (κ3) is 1.42. The van der Waals surface area contributed by atoms with Gasteiger partial charge in [-0.15, -0.1) is 0 Å². The molecule has 1 aromatic rings. The Morgan fingerprint density at radius 1 is 1.54 bits per heavy atom. The molecule has 13 heavy (non-hydrogen) atoms. The van der Waals surface area contributed by atoms with Crippen molar-refractivity contribution in [2.75, 3.05) is 18.5 Å². The van der Waals surface area contributed by atoms with E-state index in [1.54, 1.807) is 0 Å². The molecular formula is C11H15NO. The number of hydrogen-bond acceptors (Lipinski definition) is 2. The lowest BCUT2D eigenvalue weighted by molar-refractivity contribution is 0.273. The van der Waals surface area contributed by atoms with Crippen LogP contribution in [0, 0.1) is 0 Å².